The molecule has 15 heavy (non-hydrogen) atoms. The Morgan fingerprint density at radius 2 is 1.60 bits per heavy atom. The summed E-state index contributed by atoms with van der Waals surface area (Å²) in [7, 11) is 1.83. The first-order valence-electron chi connectivity index (χ1n) is 5.96. The van der Waals surface area contributed by atoms with Crippen molar-refractivity contribution in [3.8, 4) is 0 Å². The molecule has 0 aliphatic carbocycles. The van der Waals surface area contributed by atoms with Gasteiger partial charge in [0.05, 0.1) is 6.10 Å². The first kappa shape index (κ1) is 13.0. The molecule has 1 fully saturated rings. The zero-order valence-electron chi connectivity index (χ0n) is 11.4. The van der Waals surface area contributed by atoms with Crippen LogP contribution in [0.1, 0.15) is 48.0 Å². The lowest BCUT2D eigenvalue weighted by Crippen LogP contribution is -2.49. The predicted octanol–water partition coefficient (Wildman–Crippen LogP) is 2.92. The number of likely N-dealkylation sites (tertiary alicyclic amines) is 1. The van der Waals surface area contributed by atoms with Gasteiger partial charge in [0.25, 0.3) is 0 Å². The second-order valence-electron chi connectivity index (χ2n) is 6.80. The topological polar surface area (TPSA) is 12.5 Å². The zero-order valence-corrected chi connectivity index (χ0v) is 11.4. The summed E-state index contributed by atoms with van der Waals surface area (Å²) >= 11 is 0. The van der Waals surface area contributed by atoms with Crippen LogP contribution in [0.5, 0.6) is 0 Å². The molecule has 1 aliphatic rings. The van der Waals surface area contributed by atoms with Crippen LogP contribution >= 0.6 is 0 Å². The summed E-state index contributed by atoms with van der Waals surface area (Å²) in [6.07, 6.45) is 1.57. The zero-order chi connectivity index (χ0) is 11.9. The Morgan fingerprint density at radius 1 is 1.07 bits per heavy atom. The van der Waals surface area contributed by atoms with Crippen LogP contribution in [0.4, 0.5) is 0 Å². The van der Waals surface area contributed by atoms with Gasteiger partial charge < -0.3 is 4.74 Å². The lowest BCUT2D eigenvalue weighted by molar-refractivity contribution is 0.0516. The fourth-order valence-electron chi connectivity index (χ4n) is 2.53. The van der Waals surface area contributed by atoms with Crippen molar-refractivity contribution in [3.05, 3.63) is 0 Å². The normalized spacial score (nSPS) is 29.8. The summed E-state index contributed by atoms with van der Waals surface area (Å²) in [5.41, 5.74) is 0.575. The predicted molar refractivity (Wildman–Crippen MR) is 65.1 cm³/mol. The minimum absolute atomic E-state index is 0.241. The highest BCUT2D eigenvalue weighted by molar-refractivity contribution is 4.97. The maximum Gasteiger partial charge on any atom is 0.0713 e. The average Bonchev–Trinajstić information content (AvgIpc) is 2.44. The molecule has 0 saturated carbocycles. The quantitative estimate of drug-likeness (QED) is 0.664. The Morgan fingerprint density at radius 3 is 1.87 bits per heavy atom. The molecule has 1 heterocycles. The Labute approximate surface area is 95.0 Å². The van der Waals surface area contributed by atoms with Crippen LogP contribution in [0.2, 0.25) is 0 Å². The van der Waals surface area contributed by atoms with E-state index in [2.05, 4.69) is 46.4 Å². The third-order valence-corrected chi connectivity index (χ3v) is 3.46. The molecule has 2 nitrogen and oxygen atoms in total. The number of nitrogens with zero attached hydrogens (tertiary/aromatic N) is 1. The molecular formula is C13H27NO. The van der Waals surface area contributed by atoms with Crippen LogP contribution in [-0.4, -0.2) is 36.2 Å². The molecule has 1 saturated heterocycles. The van der Waals surface area contributed by atoms with Gasteiger partial charge in [-0.3, -0.25) is 4.90 Å². The molecule has 0 radical (unpaired) electrons. The van der Waals surface area contributed by atoms with E-state index < -0.39 is 0 Å². The minimum Gasteiger partial charge on any atom is -0.380 e. The monoisotopic (exact) mass is 213 g/mol. The number of ether oxygens (including phenoxy) is 1. The standard InChI is InChI=1S/C13H27NO/c1-12(2,3)11-8-10(15-7)9-14(11)13(4,5)6/h10-11H,8-9H2,1-7H3/t10-,11+/m0/s1. The van der Waals surface area contributed by atoms with E-state index in [1.165, 1.54) is 0 Å². The van der Waals surface area contributed by atoms with Gasteiger partial charge in [0.2, 0.25) is 0 Å². The maximum absolute atomic E-state index is 5.52. The second kappa shape index (κ2) is 4.06. The number of methoxy groups -OCH3 is 1. The molecule has 0 aromatic heterocycles. The van der Waals surface area contributed by atoms with Crippen molar-refractivity contribution >= 4 is 0 Å². The molecule has 0 N–H and O–H groups in total. The van der Waals surface area contributed by atoms with E-state index in [4.69, 9.17) is 4.74 Å². The summed E-state index contributed by atoms with van der Waals surface area (Å²) in [6.45, 7) is 14.9. The average molecular weight is 213 g/mol. The molecule has 0 aromatic rings. The minimum atomic E-state index is 0.241. The van der Waals surface area contributed by atoms with E-state index in [0.717, 1.165) is 13.0 Å². The highest BCUT2D eigenvalue weighted by Gasteiger charge is 2.43. The van der Waals surface area contributed by atoms with Crippen LogP contribution in [0.15, 0.2) is 0 Å². The molecule has 1 rings (SSSR count). The van der Waals surface area contributed by atoms with Crippen molar-refractivity contribution in [2.45, 2.75) is 65.6 Å². The van der Waals surface area contributed by atoms with Crippen molar-refractivity contribution in [3.63, 3.8) is 0 Å². The van der Waals surface area contributed by atoms with Crippen molar-refractivity contribution < 1.29 is 4.74 Å². The van der Waals surface area contributed by atoms with Gasteiger partial charge >= 0.3 is 0 Å². The first-order valence-corrected chi connectivity index (χ1v) is 5.96. The first-order chi connectivity index (χ1) is 6.66. The molecule has 0 bridgehead atoms. The fraction of sp³-hybridized carbons (Fsp3) is 1.00. The third kappa shape index (κ3) is 2.94. The molecule has 1 aliphatic heterocycles. The lowest BCUT2D eigenvalue weighted by Gasteiger charge is -2.42. The molecule has 2 atom stereocenters. The SMILES string of the molecule is CO[C@H]1C[C@H](C(C)(C)C)N(C(C)(C)C)C1. The Balaban J connectivity index is 2.84. The summed E-state index contributed by atoms with van der Waals surface area (Å²) in [5, 5.41) is 0. The highest BCUT2D eigenvalue weighted by Crippen LogP contribution is 2.37. The molecule has 0 spiro atoms. The Kier molecular flexibility index (Phi) is 3.52. The molecule has 0 amide bonds. The van der Waals surface area contributed by atoms with E-state index in [1.807, 2.05) is 7.11 Å². The largest absolute Gasteiger partial charge is 0.380 e. The highest BCUT2D eigenvalue weighted by atomic mass is 16.5. The van der Waals surface area contributed by atoms with Gasteiger partial charge in [0, 0.05) is 25.2 Å². The summed E-state index contributed by atoms with van der Waals surface area (Å²) in [4.78, 5) is 2.60. The van der Waals surface area contributed by atoms with Gasteiger partial charge in [-0.15, -0.1) is 0 Å². The molecule has 0 unspecified atom stereocenters. The van der Waals surface area contributed by atoms with Gasteiger partial charge in [-0.05, 0) is 32.6 Å². The lowest BCUT2D eigenvalue weighted by atomic mass is 9.83. The van der Waals surface area contributed by atoms with Gasteiger partial charge in [-0.2, -0.15) is 0 Å². The summed E-state index contributed by atoms with van der Waals surface area (Å²) < 4.78 is 5.52. The Bertz CT molecular complexity index is 190. The summed E-state index contributed by atoms with van der Waals surface area (Å²) in [5.74, 6) is 0. The van der Waals surface area contributed by atoms with Gasteiger partial charge in [-0.1, -0.05) is 20.8 Å². The summed E-state index contributed by atoms with van der Waals surface area (Å²) in [6, 6.07) is 0.627. The van der Waals surface area contributed by atoms with Gasteiger partial charge in [0.1, 0.15) is 0 Å². The third-order valence-electron chi connectivity index (χ3n) is 3.46. The van der Waals surface area contributed by atoms with E-state index in [9.17, 15) is 0 Å². The molecule has 2 heteroatoms. The van der Waals surface area contributed by atoms with Gasteiger partial charge in [0.15, 0.2) is 0 Å². The van der Waals surface area contributed by atoms with Crippen molar-refractivity contribution in [1.29, 1.82) is 0 Å². The molecular weight excluding hydrogens is 186 g/mol. The number of hydrogen-bond acceptors (Lipinski definition) is 2. The second-order valence-corrected chi connectivity index (χ2v) is 6.80. The Hall–Kier alpha value is -0.0800. The number of hydrogen-bond donors (Lipinski definition) is 0. The van der Waals surface area contributed by atoms with Crippen LogP contribution in [0, 0.1) is 5.41 Å². The van der Waals surface area contributed by atoms with E-state index in [-0.39, 0.29) is 5.54 Å². The van der Waals surface area contributed by atoms with E-state index in [0.29, 0.717) is 17.6 Å². The van der Waals surface area contributed by atoms with Gasteiger partial charge in [-0.25, -0.2) is 0 Å². The van der Waals surface area contributed by atoms with Crippen molar-refractivity contribution in [2.24, 2.45) is 5.41 Å². The van der Waals surface area contributed by atoms with Crippen molar-refractivity contribution in [1.82, 2.24) is 4.90 Å². The van der Waals surface area contributed by atoms with Crippen LogP contribution in [0.25, 0.3) is 0 Å². The van der Waals surface area contributed by atoms with Crippen molar-refractivity contribution in [2.75, 3.05) is 13.7 Å². The van der Waals surface area contributed by atoms with E-state index in [1.54, 1.807) is 0 Å². The van der Waals surface area contributed by atoms with Crippen LogP contribution < -0.4 is 0 Å². The molecule has 90 valence electrons. The maximum atomic E-state index is 5.52. The van der Waals surface area contributed by atoms with E-state index >= 15 is 0 Å². The fourth-order valence-corrected chi connectivity index (χ4v) is 2.53. The smallest absolute Gasteiger partial charge is 0.0713 e. The van der Waals surface area contributed by atoms with Crippen LogP contribution in [0.3, 0.4) is 0 Å². The van der Waals surface area contributed by atoms with Crippen LogP contribution in [-0.2, 0) is 4.74 Å². The molecule has 0 aromatic carbocycles. The number of rotatable bonds is 1.